The average molecular weight is 485 g/mol. The van der Waals surface area contributed by atoms with Gasteiger partial charge in [-0.25, -0.2) is 4.68 Å². The maximum absolute atomic E-state index is 13.2. The van der Waals surface area contributed by atoms with E-state index in [-0.39, 0.29) is 17.5 Å². The summed E-state index contributed by atoms with van der Waals surface area (Å²) in [5.74, 6) is 1.14. The highest BCUT2D eigenvalue weighted by Crippen LogP contribution is 2.36. The summed E-state index contributed by atoms with van der Waals surface area (Å²) in [5, 5.41) is 14.1. The summed E-state index contributed by atoms with van der Waals surface area (Å²) in [6, 6.07) is 17.0. The van der Waals surface area contributed by atoms with Crippen LogP contribution in [0.4, 0.5) is 0 Å². The summed E-state index contributed by atoms with van der Waals surface area (Å²) in [4.78, 5) is 18.9. The second-order valence-corrected chi connectivity index (χ2v) is 10.6. The van der Waals surface area contributed by atoms with Crippen LogP contribution in [0.15, 0.2) is 53.3 Å². The van der Waals surface area contributed by atoms with Gasteiger partial charge in [0.2, 0.25) is 0 Å². The molecule has 1 saturated carbocycles. The molecule has 0 bridgehead atoms. The molecule has 0 spiro atoms. The maximum atomic E-state index is 13.2. The summed E-state index contributed by atoms with van der Waals surface area (Å²) >= 11 is 0. The minimum absolute atomic E-state index is 0.00154. The third-order valence-corrected chi connectivity index (χ3v) is 7.67. The Kier molecular flexibility index (Phi) is 7.01. The van der Waals surface area contributed by atoms with Gasteiger partial charge in [0.05, 0.1) is 12.6 Å². The smallest absolute Gasteiger partial charge is 0.252 e. The van der Waals surface area contributed by atoms with Gasteiger partial charge in [0.15, 0.2) is 5.82 Å². The average Bonchev–Trinajstić information content (AvgIpc) is 3.54. The van der Waals surface area contributed by atoms with Gasteiger partial charge in [-0.05, 0) is 83.3 Å². The third-order valence-electron chi connectivity index (χ3n) is 7.67. The summed E-state index contributed by atoms with van der Waals surface area (Å²) in [5.41, 5.74) is 5.26. The fraction of sp³-hybridized carbons (Fsp3) is 0.448. The highest BCUT2D eigenvalue weighted by Gasteiger charge is 2.35. The van der Waals surface area contributed by atoms with Crippen molar-refractivity contribution in [2.45, 2.75) is 78.6 Å². The number of aromatic amines is 1. The lowest BCUT2D eigenvalue weighted by Crippen LogP contribution is -2.41. The topological polar surface area (TPSA) is 79.7 Å². The number of hydrogen-bond acceptors (Lipinski definition) is 5. The first-order valence-corrected chi connectivity index (χ1v) is 13.1. The summed E-state index contributed by atoms with van der Waals surface area (Å²) in [6.07, 6.45) is 4.70. The molecule has 7 nitrogen and oxygen atoms in total. The van der Waals surface area contributed by atoms with E-state index < -0.39 is 0 Å². The molecule has 2 heterocycles. The Labute approximate surface area is 212 Å². The van der Waals surface area contributed by atoms with Crippen LogP contribution in [-0.4, -0.2) is 36.1 Å². The van der Waals surface area contributed by atoms with Crippen LogP contribution in [0.2, 0.25) is 0 Å². The van der Waals surface area contributed by atoms with E-state index in [1.807, 2.05) is 22.9 Å². The fourth-order valence-electron chi connectivity index (χ4n) is 5.65. The van der Waals surface area contributed by atoms with Crippen LogP contribution in [0.1, 0.15) is 73.7 Å². The number of hydrogen-bond donors (Lipinski definition) is 1. The van der Waals surface area contributed by atoms with Gasteiger partial charge in [0, 0.05) is 23.7 Å². The molecule has 1 aliphatic carbocycles. The number of nitrogens with one attached hydrogen (secondary N) is 1. The van der Waals surface area contributed by atoms with Gasteiger partial charge in [-0.15, -0.1) is 5.10 Å². The minimum Gasteiger partial charge on any atom is -0.322 e. The SMILES string of the molecule is Cc1cc2cc(CN(C3CCCC3)[C@@H](c3nnnn3Cc3ccccc3)C(C)C)c(=O)[nH]c2cc1C. The van der Waals surface area contributed by atoms with Crippen molar-refractivity contribution in [1.82, 2.24) is 30.1 Å². The van der Waals surface area contributed by atoms with Gasteiger partial charge < -0.3 is 4.98 Å². The fourth-order valence-corrected chi connectivity index (χ4v) is 5.65. The lowest BCUT2D eigenvalue weighted by Gasteiger charge is -2.38. The first kappa shape index (κ1) is 24.4. The van der Waals surface area contributed by atoms with Crippen LogP contribution < -0.4 is 5.56 Å². The number of aromatic nitrogens is 5. The van der Waals surface area contributed by atoms with Crippen LogP contribution >= 0.6 is 0 Å². The molecule has 1 fully saturated rings. The highest BCUT2D eigenvalue weighted by molar-refractivity contribution is 5.80. The molecule has 36 heavy (non-hydrogen) atoms. The van der Waals surface area contributed by atoms with E-state index in [1.165, 1.54) is 24.0 Å². The molecule has 5 rings (SSSR count). The van der Waals surface area contributed by atoms with Crippen LogP contribution in [-0.2, 0) is 13.1 Å². The van der Waals surface area contributed by atoms with Gasteiger partial charge in [0.25, 0.3) is 5.56 Å². The van der Waals surface area contributed by atoms with Crippen molar-refractivity contribution in [2.75, 3.05) is 0 Å². The van der Waals surface area contributed by atoms with Crippen molar-refractivity contribution >= 4 is 10.9 Å². The first-order chi connectivity index (χ1) is 17.4. The van der Waals surface area contributed by atoms with E-state index in [9.17, 15) is 4.79 Å². The number of pyridine rings is 1. The third kappa shape index (κ3) is 4.98. The van der Waals surface area contributed by atoms with Gasteiger partial charge in [-0.3, -0.25) is 9.69 Å². The monoisotopic (exact) mass is 484 g/mol. The summed E-state index contributed by atoms with van der Waals surface area (Å²) < 4.78 is 1.93. The zero-order valence-corrected chi connectivity index (χ0v) is 21.7. The molecule has 0 saturated heterocycles. The van der Waals surface area contributed by atoms with Crippen molar-refractivity contribution in [2.24, 2.45) is 5.92 Å². The maximum Gasteiger partial charge on any atom is 0.252 e. The number of fused-ring (bicyclic) bond motifs is 1. The van der Waals surface area contributed by atoms with Crippen LogP contribution in [0.3, 0.4) is 0 Å². The van der Waals surface area contributed by atoms with Gasteiger partial charge in [-0.1, -0.05) is 57.0 Å². The standard InChI is InChI=1S/C29H36N6O/c1-19(2)27(28-31-32-33-35(28)17-22-10-6-5-7-11-22)34(25-12-8-9-13-25)18-24-16-23-14-20(3)21(4)15-26(23)30-29(24)36/h5-7,10-11,14-16,19,25,27H,8-9,12-13,17-18H2,1-4H3,(H,30,36)/t27-/m1/s1. The number of benzene rings is 2. The Balaban J connectivity index is 1.54. The number of rotatable bonds is 8. The quantitative estimate of drug-likeness (QED) is 0.366. The van der Waals surface area contributed by atoms with Gasteiger partial charge in [0.1, 0.15) is 0 Å². The zero-order valence-electron chi connectivity index (χ0n) is 21.7. The van der Waals surface area contributed by atoms with Gasteiger partial charge in [-0.2, -0.15) is 0 Å². The molecule has 1 N–H and O–H groups in total. The number of tetrazole rings is 1. The van der Waals surface area contributed by atoms with E-state index in [0.29, 0.717) is 19.1 Å². The highest BCUT2D eigenvalue weighted by atomic mass is 16.1. The number of aryl methyl sites for hydroxylation is 2. The zero-order chi connectivity index (χ0) is 25.2. The summed E-state index contributed by atoms with van der Waals surface area (Å²) in [7, 11) is 0. The Morgan fingerprint density at radius 3 is 2.50 bits per heavy atom. The Morgan fingerprint density at radius 1 is 1.06 bits per heavy atom. The molecular weight excluding hydrogens is 448 g/mol. The van der Waals surface area contributed by atoms with Crippen molar-refractivity contribution < 1.29 is 0 Å². The van der Waals surface area contributed by atoms with Crippen molar-refractivity contribution in [3.05, 3.63) is 87.0 Å². The van der Waals surface area contributed by atoms with Crippen molar-refractivity contribution in [1.29, 1.82) is 0 Å². The molecule has 1 aliphatic rings. The lowest BCUT2D eigenvalue weighted by atomic mass is 9.97. The van der Waals surface area contributed by atoms with E-state index in [4.69, 9.17) is 0 Å². The molecule has 7 heteroatoms. The Hall–Kier alpha value is -3.32. The first-order valence-electron chi connectivity index (χ1n) is 13.1. The predicted octanol–water partition coefficient (Wildman–Crippen LogP) is 5.32. The van der Waals surface area contributed by atoms with Crippen LogP contribution in [0, 0.1) is 19.8 Å². The molecule has 2 aromatic heterocycles. The molecule has 0 amide bonds. The Morgan fingerprint density at radius 2 is 1.78 bits per heavy atom. The lowest BCUT2D eigenvalue weighted by molar-refractivity contribution is 0.0844. The molecular formula is C29H36N6O. The molecule has 1 atom stereocenters. The molecule has 2 aromatic carbocycles. The van der Waals surface area contributed by atoms with Crippen molar-refractivity contribution in [3.8, 4) is 0 Å². The number of H-pyrrole nitrogens is 1. The molecule has 188 valence electrons. The second kappa shape index (κ2) is 10.3. The molecule has 0 aliphatic heterocycles. The van der Waals surface area contributed by atoms with E-state index >= 15 is 0 Å². The summed E-state index contributed by atoms with van der Waals surface area (Å²) in [6.45, 7) is 9.85. The van der Waals surface area contributed by atoms with E-state index in [0.717, 1.165) is 40.7 Å². The molecule has 4 aromatic rings. The van der Waals surface area contributed by atoms with E-state index in [1.54, 1.807) is 0 Å². The predicted molar refractivity (Wildman–Crippen MR) is 143 cm³/mol. The van der Waals surface area contributed by atoms with Crippen molar-refractivity contribution in [3.63, 3.8) is 0 Å². The number of nitrogens with zero attached hydrogens (tertiary/aromatic N) is 5. The van der Waals surface area contributed by atoms with Crippen LogP contribution in [0.5, 0.6) is 0 Å². The molecule has 0 unspecified atom stereocenters. The van der Waals surface area contributed by atoms with E-state index in [2.05, 4.69) is 83.4 Å². The second-order valence-electron chi connectivity index (χ2n) is 10.6. The largest absolute Gasteiger partial charge is 0.322 e. The van der Waals surface area contributed by atoms with Gasteiger partial charge >= 0.3 is 0 Å². The Bertz CT molecular complexity index is 1380. The normalized spacial score (nSPS) is 15.4. The molecule has 0 radical (unpaired) electrons. The minimum atomic E-state index is -0.0138. The van der Waals surface area contributed by atoms with Crippen LogP contribution in [0.25, 0.3) is 10.9 Å².